The van der Waals surface area contributed by atoms with E-state index in [0.717, 1.165) is 33.8 Å². The Morgan fingerprint density at radius 1 is 1.06 bits per heavy atom. The molecule has 0 aliphatic rings. The van der Waals surface area contributed by atoms with Crippen molar-refractivity contribution in [1.82, 2.24) is 29.6 Å². The van der Waals surface area contributed by atoms with E-state index in [4.69, 9.17) is 9.72 Å². The molecule has 2 aromatic carbocycles. The summed E-state index contributed by atoms with van der Waals surface area (Å²) < 4.78 is 8.93. The van der Waals surface area contributed by atoms with Gasteiger partial charge in [-0.15, -0.1) is 0 Å². The number of fused-ring (bicyclic) bond motifs is 1. The third kappa shape index (κ3) is 4.14. The summed E-state index contributed by atoms with van der Waals surface area (Å²) in [6.45, 7) is 1.89. The minimum absolute atomic E-state index is 0.227. The van der Waals surface area contributed by atoms with E-state index in [0.29, 0.717) is 16.9 Å². The molecule has 0 fully saturated rings. The first-order valence-corrected chi connectivity index (χ1v) is 11.3. The Labute approximate surface area is 203 Å². The molecule has 176 valence electrons. The number of benzene rings is 2. The van der Waals surface area contributed by atoms with Gasteiger partial charge in [-0.1, -0.05) is 42.5 Å². The average Bonchev–Trinajstić information content (AvgIpc) is 3.44. The van der Waals surface area contributed by atoms with Gasteiger partial charge in [0.05, 0.1) is 29.4 Å². The van der Waals surface area contributed by atoms with Crippen molar-refractivity contribution in [3.63, 3.8) is 0 Å². The number of aryl methyl sites for hydroxylation is 3. The van der Waals surface area contributed by atoms with Crippen LogP contribution in [0.1, 0.15) is 33.5 Å². The van der Waals surface area contributed by atoms with Gasteiger partial charge in [0, 0.05) is 32.1 Å². The number of methoxy groups -OCH3 is 1. The summed E-state index contributed by atoms with van der Waals surface area (Å²) in [5.74, 6) is 1.24. The smallest absolute Gasteiger partial charge is 0.253 e. The first-order valence-electron chi connectivity index (χ1n) is 11.3. The van der Waals surface area contributed by atoms with Crippen LogP contribution in [-0.2, 0) is 14.1 Å². The van der Waals surface area contributed by atoms with Crippen LogP contribution in [0.15, 0.2) is 73.1 Å². The molecule has 3 heterocycles. The number of nitrogens with one attached hydrogen (secondary N) is 1. The molecule has 8 nitrogen and oxygen atoms in total. The number of carbonyl (C=O) groups is 1. The van der Waals surface area contributed by atoms with Crippen molar-refractivity contribution >= 4 is 16.9 Å². The van der Waals surface area contributed by atoms with Gasteiger partial charge in [0.1, 0.15) is 17.6 Å². The van der Waals surface area contributed by atoms with Gasteiger partial charge < -0.3 is 14.6 Å². The summed E-state index contributed by atoms with van der Waals surface area (Å²) in [5.41, 5.74) is 4.46. The molecular weight excluding hydrogens is 440 g/mol. The zero-order valence-electron chi connectivity index (χ0n) is 20.1. The van der Waals surface area contributed by atoms with Gasteiger partial charge in [0.15, 0.2) is 5.65 Å². The normalized spacial score (nSPS) is 12.0. The third-order valence-corrected chi connectivity index (χ3v) is 6.12. The topological polar surface area (TPSA) is 86.9 Å². The van der Waals surface area contributed by atoms with Gasteiger partial charge >= 0.3 is 0 Å². The van der Waals surface area contributed by atoms with Gasteiger partial charge in [0.2, 0.25) is 0 Å². The van der Waals surface area contributed by atoms with Crippen LogP contribution in [0.4, 0.5) is 0 Å². The molecule has 8 heteroatoms. The minimum atomic E-state index is -0.464. The highest BCUT2D eigenvalue weighted by atomic mass is 16.5. The number of pyridine rings is 1. The van der Waals surface area contributed by atoms with Gasteiger partial charge in [-0.05, 0) is 30.7 Å². The standard InChI is InChI=1S/C27H26N6O2/c1-17-23-21(16-22(18-8-6-5-7-9-18)29-25(23)33(3)31-17)27(34)30-24(26-28-14-15-32(26)2)19-10-12-20(35-4)13-11-19/h5-16,24H,1-4H3,(H,30,34). The van der Waals surface area contributed by atoms with Crippen LogP contribution >= 0.6 is 0 Å². The van der Waals surface area contributed by atoms with Crippen LogP contribution < -0.4 is 10.1 Å². The van der Waals surface area contributed by atoms with E-state index < -0.39 is 6.04 Å². The summed E-state index contributed by atoms with van der Waals surface area (Å²) >= 11 is 0. The Balaban J connectivity index is 1.61. The molecular formula is C27H26N6O2. The molecule has 5 aromatic rings. The second-order valence-electron chi connectivity index (χ2n) is 8.40. The Bertz CT molecular complexity index is 1500. The van der Waals surface area contributed by atoms with Crippen molar-refractivity contribution in [2.24, 2.45) is 14.1 Å². The van der Waals surface area contributed by atoms with Gasteiger partial charge in [-0.2, -0.15) is 5.10 Å². The second-order valence-corrected chi connectivity index (χ2v) is 8.40. The first kappa shape index (κ1) is 22.3. The van der Waals surface area contributed by atoms with Crippen LogP contribution in [0.3, 0.4) is 0 Å². The van der Waals surface area contributed by atoms with E-state index in [9.17, 15) is 4.79 Å². The lowest BCUT2D eigenvalue weighted by atomic mass is 10.0. The number of ether oxygens (including phenoxy) is 1. The predicted octanol–water partition coefficient (Wildman–Crippen LogP) is 4.21. The maximum Gasteiger partial charge on any atom is 0.253 e. The molecule has 0 saturated carbocycles. The molecule has 1 amide bonds. The van der Waals surface area contributed by atoms with Crippen molar-refractivity contribution in [2.75, 3.05) is 7.11 Å². The molecule has 5 rings (SSSR count). The Hall–Kier alpha value is -4.46. The summed E-state index contributed by atoms with van der Waals surface area (Å²) in [7, 11) is 5.38. The molecule has 0 spiro atoms. The van der Waals surface area contributed by atoms with E-state index >= 15 is 0 Å². The lowest BCUT2D eigenvalue weighted by Crippen LogP contribution is -2.31. The minimum Gasteiger partial charge on any atom is -0.497 e. The molecule has 1 unspecified atom stereocenters. The molecule has 0 radical (unpaired) electrons. The third-order valence-electron chi connectivity index (χ3n) is 6.12. The molecule has 35 heavy (non-hydrogen) atoms. The maximum atomic E-state index is 13.9. The number of hydrogen-bond acceptors (Lipinski definition) is 5. The molecule has 0 bridgehead atoms. The lowest BCUT2D eigenvalue weighted by molar-refractivity contribution is 0.0942. The molecule has 1 atom stereocenters. The monoisotopic (exact) mass is 466 g/mol. The summed E-state index contributed by atoms with van der Waals surface area (Å²) in [5, 5.41) is 8.48. The number of hydrogen-bond donors (Lipinski definition) is 1. The van der Waals surface area contributed by atoms with Crippen molar-refractivity contribution in [3.05, 3.63) is 95.7 Å². The van der Waals surface area contributed by atoms with Crippen LogP contribution in [0.5, 0.6) is 5.75 Å². The summed E-state index contributed by atoms with van der Waals surface area (Å²) in [6, 6.07) is 18.8. The lowest BCUT2D eigenvalue weighted by Gasteiger charge is -2.20. The van der Waals surface area contributed by atoms with Gasteiger partial charge in [-0.3, -0.25) is 9.48 Å². The van der Waals surface area contributed by atoms with E-state index in [1.54, 1.807) is 18.0 Å². The van der Waals surface area contributed by atoms with Crippen LogP contribution in [-0.4, -0.2) is 37.3 Å². The zero-order valence-corrected chi connectivity index (χ0v) is 20.1. The van der Waals surface area contributed by atoms with E-state index in [2.05, 4.69) is 15.4 Å². The quantitative estimate of drug-likeness (QED) is 0.405. The van der Waals surface area contributed by atoms with E-state index in [-0.39, 0.29) is 5.91 Å². The highest BCUT2D eigenvalue weighted by molar-refractivity contribution is 6.07. The highest BCUT2D eigenvalue weighted by Gasteiger charge is 2.25. The Morgan fingerprint density at radius 3 is 2.46 bits per heavy atom. The van der Waals surface area contributed by atoms with Crippen molar-refractivity contribution in [2.45, 2.75) is 13.0 Å². The van der Waals surface area contributed by atoms with E-state index in [1.807, 2.05) is 92.4 Å². The number of rotatable bonds is 6. The molecule has 0 saturated heterocycles. The average molecular weight is 467 g/mol. The fourth-order valence-electron chi connectivity index (χ4n) is 4.34. The Kier molecular flexibility index (Phi) is 5.78. The van der Waals surface area contributed by atoms with Crippen LogP contribution in [0, 0.1) is 6.92 Å². The highest BCUT2D eigenvalue weighted by Crippen LogP contribution is 2.29. The largest absolute Gasteiger partial charge is 0.497 e. The molecule has 0 aliphatic heterocycles. The fraction of sp³-hybridized carbons (Fsp3) is 0.185. The zero-order chi connectivity index (χ0) is 24.5. The number of amides is 1. The first-order chi connectivity index (χ1) is 17.0. The van der Waals surface area contributed by atoms with Crippen LogP contribution in [0.2, 0.25) is 0 Å². The number of nitrogens with zero attached hydrogens (tertiary/aromatic N) is 5. The molecule has 1 N–H and O–H groups in total. The Morgan fingerprint density at radius 2 is 1.80 bits per heavy atom. The van der Waals surface area contributed by atoms with Crippen molar-refractivity contribution in [1.29, 1.82) is 0 Å². The maximum absolute atomic E-state index is 13.9. The van der Waals surface area contributed by atoms with Crippen molar-refractivity contribution < 1.29 is 9.53 Å². The number of carbonyl (C=O) groups excluding carboxylic acids is 1. The second kappa shape index (κ2) is 9.06. The molecule has 3 aromatic heterocycles. The fourth-order valence-corrected chi connectivity index (χ4v) is 4.34. The SMILES string of the molecule is COc1ccc(C(NC(=O)c2cc(-c3ccccc3)nc3c2c(C)nn3C)c2nccn2C)cc1. The van der Waals surface area contributed by atoms with Crippen molar-refractivity contribution in [3.8, 4) is 17.0 Å². The molecule has 0 aliphatic carbocycles. The van der Waals surface area contributed by atoms with E-state index in [1.165, 1.54) is 0 Å². The summed E-state index contributed by atoms with van der Waals surface area (Å²) in [6.07, 6.45) is 3.59. The van der Waals surface area contributed by atoms with Gasteiger partial charge in [0.25, 0.3) is 5.91 Å². The predicted molar refractivity (Wildman–Crippen MR) is 134 cm³/mol. The summed E-state index contributed by atoms with van der Waals surface area (Å²) in [4.78, 5) is 23.2. The van der Waals surface area contributed by atoms with Gasteiger partial charge in [-0.25, -0.2) is 9.97 Å². The number of aromatic nitrogens is 5. The van der Waals surface area contributed by atoms with Crippen LogP contribution in [0.25, 0.3) is 22.3 Å². The number of imidazole rings is 1.